The third-order valence-electron chi connectivity index (χ3n) is 5.08. The molecule has 3 N–H and O–H groups in total. The van der Waals surface area contributed by atoms with Crippen molar-refractivity contribution in [2.75, 3.05) is 12.4 Å². The molecule has 0 aliphatic heterocycles. The summed E-state index contributed by atoms with van der Waals surface area (Å²) in [4.78, 5) is 25.9. The van der Waals surface area contributed by atoms with Crippen molar-refractivity contribution in [3.8, 4) is 0 Å². The number of hydrogen-bond donors (Lipinski definition) is 3. The van der Waals surface area contributed by atoms with E-state index < -0.39 is 40.9 Å². The maximum atomic E-state index is 14.4. The Labute approximate surface area is 215 Å². The lowest BCUT2D eigenvalue weighted by Gasteiger charge is -2.30. The number of nitrogens with one attached hydrogen (secondary N) is 2. The van der Waals surface area contributed by atoms with Crippen LogP contribution in [0.5, 0.6) is 0 Å². The van der Waals surface area contributed by atoms with Crippen LogP contribution in [0, 0.1) is 6.92 Å². The van der Waals surface area contributed by atoms with E-state index in [4.69, 9.17) is 0 Å². The second kappa shape index (κ2) is 10.3. The van der Waals surface area contributed by atoms with Crippen LogP contribution >= 0.6 is 15.9 Å². The molecule has 202 valence electrons. The fourth-order valence-corrected chi connectivity index (χ4v) is 4.04. The van der Waals surface area contributed by atoms with Crippen LogP contribution in [0.15, 0.2) is 40.9 Å². The van der Waals surface area contributed by atoms with Gasteiger partial charge in [0.05, 0.1) is 11.1 Å². The van der Waals surface area contributed by atoms with Gasteiger partial charge in [-0.2, -0.15) is 26.3 Å². The van der Waals surface area contributed by atoms with Gasteiger partial charge in [0.25, 0.3) is 11.8 Å². The maximum absolute atomic E-state index is 14.4. The third-order valence-corrected chi connectivity index (χ3v) is 5.75. The maximum Gasteiger partial charge on any atom is 0.435 e. The van der Waals surface area contributed by atoms with Gasteiger partial charge in [-0.15, -0.1) is 0 Å². The first-order valence-corrected chi connectivity index (χ1v) is 11.1. The van der Waals surface area contributed by atoms with E-state index in [-0.39, 0.29) is 32.9 Å². The molecule has 2 amide bonds. The van der Waals surface area contributed by atoms with Crippen molar-refractivity contribution < 1.29 is 50.3 Å². The topological polar surface area (TPSA) is 81.4 Å². The number of halogens is 8. The highest BCUT2D eigenvalue weighted by Crippen LogP contribution is 2.53. The zero-order chi connectivity index (χ0) is 28.6. The quantitative estimate of drug-likeness (QED) is 0.127. The highest BCUT2D eigenvalue weighted by atomic mass is 79.9. The standard InChI is InChI=1S/C23H21BrF7N3O3/c1-12-10-13(21(25,22(26,27)28)23(29,30)31)8-9-16(12)32-18(35)14-6-5-7-15(24)17(14)19(36)33-20(2,3)11-34(4)37/h5-11H,1-4H3,(H2-,32,33,35,36,37)/p+1. The van der Waals surface area contributed by atoms with Gasteiger partial charge in [0, 0.05) is 15.7 Å². The molecule has 0 aliphatic rings. The van der Waals surface area contributed by atoms with Crippen molar-refractivity contribution in [1.82, 2.24) is 5.32 Å². The van der Waals surface area contributed by atoms with Crippen LogP contribution in [-0.4, -0.2) is 52.9 Å². The minimum absolute atomic E-state index is 0.131. The number of benzene rings is 2. The molecule has 2 aromatic carbocycles. The number of anilines is 1. The zero-order valence-electron chi connectivity index (χ0n) is 19.8. The molecule has 0 radical (unpaired) electrons. The van der Waals surface area contributed by atoms with Crippen LogP contribution in [0.25, 0.3) is 0 Å². The van der Waals surface area contributed by atoms with Crippen molar-refractivity contribution >= 4 is 39.6 Å². The summed E-state index contributed by atoms with van der Waals surface area (Å²) in [5.41, 5.74) is -9.19. The van der Waals surface area contributed by atoms with Crippen molar-refractivity contribution in [3.63, 3.8) is 0 Å². The molecule has 0 aromatic heterocycles. The van der Waals surface area contributed by atoms with Crippen molar-refractivity contribution in [1.29, 1.82) is 0 Å². The first-order valence-electron chi connectivity index (χ1n) is 10.3. The molecular weight excluding hydrogens is 579 g/mol. The molecule has 14 heteroatoms. The van der Waals surface area contributed by atoms with Gasteiger partial charge in [-0.05, 0) is 65.2 Å². The van der Waals surface area contributed by atoms with E-state index in [9.17, 15) is 45.5 Å². The SMILES string of the molecule is Cc1cc(C(F)(C(F)(F)F)C(F)(F)F)ccc1NC(=O)c1cccc(Br)c1C(=O)NC(C)(C)C=[N+](C)O. The molecular formula is C23H22BrF7N3O3+. The summed E-state index contributed by atoms with van der Waals surface area (Å²) in [5, 5.41) is 14.3. The van der Waals surface area contributed by atoms with E-state index in [1.165, 1.54) is 31.5 Å². The summed E-state index contributed by atoms with van der Waals surface area (Å²) in [5.74, 6) is -1.65. The van der Waals surface area contributed by atoms with Gasteiger partial charge in [-0.3, -0.25) is 14.8 Å². The molecule has 6 nitrogen and oxygen atoms in total. The van der Waals surface area contributed by atoms with Gasteiger partial charge in [0.15, 0.2) is 7.05 Å². The van der Waals surface area contributed by atoms with Gasteiger partial charge >= 0.3 is 18.0 Å². The number of hydrogen-bond acceptors (Lipinski definition) is 3. The highest BCUT2D eigenvalue weighted by molar-refractivity contribution is 9.10. The van der Waals surface area contributed by atoms with E-state index in [1.807, 2.05) is 0 Å². The number of carbonyl (C=O) groups excluding carboxylic acids is 2. The second-order valence-electron chi connectivity index (χ2n) is 8.68. The Morgan fingerprint density at radius 2 is 1.54 bits per heavy atom. The monoisotopic (exact) mass is 600 g/mol. The summed E-state index contributed by atoms with van der Waals surface area (Å²) >= 11 is 3.18. The van der Waals surface area contributed by atoms with Crippen LogP contribution < -0.4 is 10.6 Å². The predicted molar refractivity (Wildman–Crippen MR) is 124 cm³/mol. The van der Waals surface area contributed by atoms with E-state index in [2.05, 4.69) is 26.6 Å². The lowest BCUT2D eigenvalue weighted by Crippen LogP contribution is -2.50. The number of carbonyl (C=O) groups is 2. The average molecular weight is 601 g/mol. The van der Waals surface area contributed by atoms with Gasteiger partial charge < -0.3 is 10.6 Å². The Balaban J connectivity index is 2.44. The largest absolute Gasteiger partial charge is 0.435 e. The molecule has 0 heterocycles. The number of aryl methyl sites for hydroxylation is 1. The van der Waals surface area contributed by atoms with Crippen LogP contribution in [0.2, 0.25) is 0 Å². The molecule has 2 rings (SSSR count). The van der Waals surface area contributed by atoms with Gasteiger partial charge in [-0.1, -0.05) is 18.2 Å². The third kappa shape index (κ3) is 6.40. The lowest BCUT2D eigenvalue weighted by atomic mass is 9.92. The zero-order valence-corrected chi connectivity index (χ0v) is 21.4. The number of nitrogens with zero attached hydrogens (tertiary/aromatic N) is 1. The van der Waals surface area contributed by atoms with E-state index in [0.29, 0.717) is 12.1 Å². The first-order chi connectivity index (χ1) is 16.7. The first kappa shape index (κ1) is 30.1. The van der Waals surface area contributed by atoms with Crippen LogP contribution in [0.3, 0.4) is 0 Å². The fourth-order valence-electron chi connectivity index (χ4n) is 3.49. The summed E-state index contributed by atoms with van der Waals surface area (Å²) in [6.07, 6.45) is -11.3. The molecule has 0 atom stereocenters. The minimum Gasteiger partial charge on any atom is -0.338 e. The smallest absolute Gasteiger partial charge is 0.338 e. The molecule has 0 bridgehead atoms. The van der Waals surface area contributed by atoms with Crippen LogP contribution in [-0.2, 0) is 5.67 Å². The fraction of sp³-hybridized carbons (Fsp3) is 0.348. The van der Waals surface area contributed by atoms with Crippen LogP contribution in [0.1, 0.15) is 45.7 Å². The Hall–Kier alpha value is -3.16. The number of rotatable bonds is 6. The normalized spacial score (nSPS) is 13.4. The molecule has 0 aliphatic carbocycles. The van der Waals surface area contributed by atoms with Crippen molar-refractivity contribution in [3.05, 3.63) is 63.1 Å². The molecule has 0 unspecified atom stereocenters. The average Bonchev–Trinajstić information content (AvgIpc) is 2.71. The lowest BCUT2D eigenvalue weighted by molar-refractivity contribution is -0.752. The molecule has 0 saturated heterocycles. The Morgan fingerprint density at radius 3 is 2.03 bits per heavy atom. The Morgan fingerprint density at radius 1 is 0.973 bits per heavy atom. The van der Waals surface area contributed by atoms with E-state index in [1.54, 1.807) is 13.8 Å². The Kier molecular flexibility index (Phi) is 8.37. The molecule has 0 saturated carbocycles. The van der Waals surface area contributed by atoms with E-state index >= 15 is 0 Å². The summed E-state index contributed by atoms with van der Waals surface area (Å²) in [7, 11) is 1.31. The summed E-state index contributed by atoms with van der Waals surface area (Å²) in [6.45, 7) is 4.21. The Bertz CT molecular complexity index is 1220. The van der Waals surface area contributed by atoms with Crippen LogP contribution in [0.4, 0.5) is 36.4 Å². The van der Waals surface area contributed by atoms with Gasteiger partial charge in [0.2, 0.25) is 6.21 Å². The van der Waals surface area contributed by atoms with E-state index in [0.717, 1.165) is 11.7 Å². The molecule has 0 spiro atoms. The number of amides is 2. The summed E-state index contributed by atoms with van der Waals surface area (Å²) < 4.78 is 93.7. The second-order valence-corrected chi connectivity index (χ2v) is 9.53. The van der Waals surface area contributed by atoms with Gasteiger partial charge in [-0.25, -0.2) is 4.39 Å². The molecule has 37 heavy (non-hydrogen) atoms. The van der Waals surface area contributed by atoms with Crippen molar-refractivity contribution in [2.45, 2.75) is 44.3 Å². The number of alkyl halides is 7. The summed E-state index contributed by atoms with van der Waals surface area (Å²) in [6, 6.07) is 5.50. The molecule has 2 aromatic rings. The predicted octanol–water partition coefficient (Wildman–Crippen LogP) is 5.91. The minimum atomic E-state index is -6.28. The highest BCUT2D eigenvalue weighted by Gasteiger charge is 2.73. The number of hydroxylamine groups is 1. The van der Waals surface area contributed by atoms with Gasteiger partial charge in [0.1, 0.15) is 5.54 Å². The van der Waals surface area contributed by atoms with Crippen molar-refractivity contribution in [2.24, 2.45) is 0 Å². The molecule has 0 fully saturated rings.